The highest BCUT2D eigenvalue weighted by Crippen LogP contribution is 2.30. The maximum atomic E-state index is 10.7. The molecule has 0 aliphatic carbocycles. The number of carboxylic acids is 1. The number of ether oxygens (including phenoxy) is 2. The summed E-state index contributed by atoms with van der Waals surface area (Å²) in [6.45, 7) is 3.77. The third kappa shape index (κ3) is 7.12. The Kier molecular flexibility index (Phi) is 8.11. The van der Waals surface area contributed by atoms with Crippen LogP contribution in [0.15, 0.2) is 61.1 Å². The predicted molar refractivity (Wildman–Crippen MR) is 137 cm³/mol. The Morgan fingerprint density at radius 3 is 2.51 bits per heavy atom. The summed E-state index contributed by atoms with van der Waals surface area (Å²) in [5.41, 5.74) is 3.35. The first-order valence-electron chi connectivity index (χ1n) is 11.7. The fraction of sp³-hybridized carbons (Fsp3) is 0.259. The van der Waals surface area contributed by atoms with Crippen LogP contribution in [0.5, 0.6) is 17.2 Å². The number of fused-ring (bicyclic) bond motifs is 1. The molecule has 2 aromatic heterocycles. The minimum Gasteiger partial charge on any atom is -0.491 e. The van der Waals surface area contributed by atoms with Crippen LogP contribution in [0.1, 0.15) is 24.1 Å². The van der Waals surface area contributed by atoms with E-state index in [1.165, 1.54) is 6.33 Å². The number of anilines is 2. The molecule has 192 valence electrons. The van der Waals surface area contributed by atoms with Crippen LogP contribution in [-0.4, -0.2) is 55.1 Å². The predicted octanol–water partition coefficient (Wildman–Crippen LogP) is 4.14. The van der Waals surface area contributed by atoms with E-state index in [2.05, 4.69) is 20.3 Å². The van der Waals surface area contributed by atoms with Gasteiger partial charge in [-0.25, -0.2) is 9.97 Å². The third-order valence-electron chi connectivity index (χ3n) is 5.55. The average molecular weight is 505 g/mol. The summed E-state index contributed by atoms with van der Waals surface area (Å²) in [6.07, 6.45) is 0.447. The van der Waals surface area contributed by atoms with E-state index in [0.29, 0.717) is 34.0 Å². The molecule has 37 heavy (non-hydrogen) atoms. The van der Waals surface area contributed by atoms with Crippen LogP contribution in [0.4, 0.5) is 11.5 Å². The maximum absolute atomic E-state index is 10.7. The molecule has 4 N–H and O–H groups in total. The monoisotopic (exact) mass is 504 g/mol. The molecule has 0 aliphatic rings. The van der Waals surface area contributed by atoms with E-state index in [-0.39, 0.29) is 13.0 Å². The number of hydrogen-bond donors (Lipinski definition) is 4. The van der Waals surface area contributed by atoms with Gasteiger partial charge in [-0.15, -0.1) is 0 Å². The molecule has 0 bridgehead atoms. The van der Waals surface area contributed by atoms with E-state index in [1.54, 1.807) is 24.4 Å². The van der Waals surface area contributed by atoms with Gasteiger partial charge in [0.25, 0.3) is 0 Å². The quantitative estimate of drug-likeness (QED) is 0.235. The zero-order chi connectivity index (χ0) is 26.4. The molecule has 4 aromatic rings. The number of hydrogen-bond acceptors (Lipinski definition) is 9. The summed E-state index contributed by atoms with van der Waals surface area (Å²) in [4.78, 5) is 23.6. The van der Waals surface area contributed by atoms with Crippen molar-refractivity contribution in [3.63, 3.8) is 0 Å². The number of aryl methyl sites for hydroxylation is 2. The molecule has 10 heteroatoms. The van der Waals surface area contributed by atoms with Crippen molar-refractivity contribution < 1.29 is 29.6 Å². The van der Waals surface area contributed by atoms with Gasteiger partial charge < -0.3 is 30.1 Å². The van der Waals surface area contributed by atoms with Crippen molar-refractivity contribution in [3.8, 4) is 17.2 Å². The molecule has 2 atom stereocenters. The first-order chi connectivity index (χ1) is 17.8. The van der Waals surface area contributed by atoms with Gasteiger partial charge >= 0.3 is 5.97 Å². The van der Waals surface area contributed by atoms with Crippen LogP contribution in [-0.2, 0) is 4.79 Å². The van der Waals surface area contributed by atoms with E-state index < -0.39 is 24.6 Å². The SMILES string of the molecule is Cc1ccc(Oc2ccc(Nc3ncnc4ccc(OC[C@@H](O)C[C@@H](O)CC(=O)O)cc34)cc2C)cn1. The maximum Gasteiger partial charge on any atom is 0.305 e. The molecule has 2 aromatic carbocycles. The van der Waals surface area contributed by atoms with Gasteiger partial charge in [0.15, 0.2) is 0 Å². The van der Waals surface area contributed by atoms with E-state index >= 15 is 0 Å². The smallest absolute Gasteiger partial charge is 0.305 e. The molecule has 2 heterocycles. The Bertz CT molecular complexity index is 1380. The Balaban J connectivity index is 1.45. The Morgan fingerprint density at radius 1 is 0.973 bits per heavy atom. The molecule has 0 saturated heterocycles. The largest absolute Gasteiger partial charge is 0.491 e. The van der Waals surface area contributed by atoms with Crippen LogP contribution < -0.4 is 14.8 Å². The molecule has 0 radical (unpaired) electrons. The van der Waals surface area contributed by atoms with Crippen molar-refractivity contribution >= 4 is 28.4 Å². The summed E-state index contributed by atoms with van der Waals surface area (Å²) >= 11 is 0. The van der Waals surface area contributed by atoms with Gasteiger partial charge in [0.05, 0.1) is 30.3 Å². The molecule has 0 saturated carbocycles. The summed E-state index contributed by atoms with van der Waals surface area (Å²) in [5, 5.41) is 32.5. The van der Waals surface area contributed by atoms with Crippen LogP contribution in [0.25, 0.3) is 10.9 Å². The molecular formula is C27H28N4O6. The Labute approximate surface area is 213 Å². The number of carboxylic acid groups (broad SMARTS) is 1. The lowest BCUT2D eigenvalue weighted by Gasteiger charge is -2.16. The summed E-state index contributed by atoms with van der Waals surface area (Å²) in [5.74, 6) is 1.29. The van der Waals surface area contributed by atoms with Crippen LogP contribution in [0.2, 0.25) is 0 Å². The molecule has 0 amide bonds. The van der Waals surface area contributed by atoms with Crippen molar-refractivity contribution in [1.82, 2.24) is 15.0 Å². The van der Waals surface area contributed by atoms with Crippen molar-refractivity contribution in [2.24, 2.45) is 0 Å². The van der Waals surface area contributed by atoms with Gasteiger partial charge in [0, 0.05) is 23.2 Å². The zero-order valence-corrected chi connectivity index (χ0v) is 20.5. The second-order valence-corrected chi connectivity index (χ2v) is 8.70. The van der Waals surface area contributed by atoms with Crippen LogP contribution >= 0.6 is 0 Å². The van der Waals surface area contributed by atoms with Crippen molar-refractivity contribution in [2.45, 2.75) is 38.9 Å². The highest BCUT2D eigenvalue weighted by atomic mass is 16.5. The first kappa shape index (κ1) is 25.8. The highest BCUT2D eigenvalue weighted by molar-refractivity contribution is 5.91. The molecule has 10 nitrogen and oxygen atoms in total. The summed E-state index contributed by atoms with van der Waals surface area (Å²) in [6, 6.07) is 14.7. The molecule has 0 aliphatic heterocycles. The van der Waals surface area contributed by atoms with E-state index in [4.69, 9.17) is 14.6 Å². The van der Waals surface area contributed by atoms with Crippen molar-refractivity contribution in [1.29, 1.82) is 0 Å². The number of nitrogens with zero attached hydrogens (tertiary/aromatic N) is 3. The standard InChI is InChI=1S/C27H28N4O6/c1-16-9-18(4-8-25(16)37-22-5-3-17(2)28-13-22)31-27-23-12-21(6-7-24(23)29-15-30-27)36-14-20(33)10-19(32)11-26(34)35/h3-9,12-13,15,19-20,32-33H,10-11,14H2,1-2H3,(H,34,35)(H,29,30,31)/t19-,20+/m1/s1. The Hall–Kier alpha value is -4.28. The highest BCUT2D eigenvalue weighted by Gasteiger charge is 2.16. The number of nitrogens with one attached hydrogen (secondary N) is 1. The number of benzene rings is 2. The molecule has 0 unspecified atom stereocenters. The fourth-order valence-electron chi connectivity index (χ4n) is 3.70. The second kappa shape index (κ2) is 11.6. The number of aliphatic carboxylic acids is 1. The molecule has 4 rings (SSSR count). The molecular weight excluding hydrogens is 476 g/mol. The fourth-order valence-corrected chi connectivity index (χ4v) is 3.70. The van der Waals surface area contributed by atoms with Crippen LogP contribution in [0.3, 0.4) is 0 Å². The lowest BCUT2D eigenvalue weighted by molar-refractivity contribution is -0.139. The number of pyridine rings is 1. The number of aliphatic hydroxyl groups excluding tert-OH is 2. The van der Waals surface area contributed by atoms with Crippen molar-refractivity contribution in [3.05, 3.63) is 72.3 Å². The van der Waals surface area contributed by atoms with E-state index in [1.807, 2.05) is 44.2 Å². The van der Waals surface area contributed by atoms with Gasteiger partial charge in [-0.1, -0.05) is 0 Å². The average Bonchev–Trinajstić information content (AvgIpc) is 2.85. The zero-order valence-electron chi connectivity index (χ0n) is 20.5. The minimum absolute atomic E-state index is 0.101. The van der Waals surface area contributed by atoms with E-state index in [0.717, 1.165) is 16.9 Å². The lowest BCUT2D eigenvalue weighted by atomic mass is 10.1. The van der Waals surface area contributed by atoms with E-state index in [9.17, 15) is 15.0 Å². The third-order valence-corrected chi connectivity index (χ3v) is 5.55. The van der Waals surface area contributed by atoms with Gasteiger partial charge in [-0.05, 0) is 67.9 Å². The van der Waals surface area contributed by atoms with Crippen LogP contribution in [0, 0.1) is 13.8 Å². The normalized spacial score (nSPS) is 12.6. The van der Waals surface area contributed by atoms with Gasteiger partial charge in [-0.3, -0.25) is 9.78 Å². The summed E-state index contributed by atoms with van der Waals surface area (Å²) in [7, 11) is 0. The molecule has 0 fully saturated rings. The molecule has 0 spiro atoms. The number of aromatic nitrogens is 3. The van der Waals surface area contributed by atoms with Crippen molar-refractivity contribution in [2.75, 3.05) is 11.9 Å². The van der Waals surface area contributed by atoms with Gasteiger partial charge in [0.1, 0.15) is 36.0 Å². The number of rotatable bonds is 11. The number of aliphatic hydroxyl groups is 2. The number of carbonyl (C=O) groups is 1. The topological polar surface area (TPSA) is 147 Å². The van der Waals surface area contributed by atoms with Gasteiger partial charge in [-0.2, -0.15) is 0 Å². The minimum atomic E-state index is -1.15. The lowest BCUT2D eigenvalue weighted by Crippen LogP contribution is -2.25. The second-order valence-electron chi connectivity index (χ2n) is 8.70. The summed E-state index contributed by atoms with van der Waals surface area (Å²) < 4.78 is 11.6. The van der Waals surface area contributed by atoms with Gasteiger partial charge in [0.2, 0.25) is 0 Å². The Morgan fingerprint density at radius 2 is 1.78 bits per heavy atom. The first-order valence-corrected chi connectivity index (χ1v) is 11.7.